The third-order valence-corrected chi connectivity index (χ3v) is 7.29. The van der Waals surface area contributed by atoms with Crippen LogP contribution in [0, 0.1) is 13.8 Å². The Kier molecular flexibility index (Phi) is 15.2. The summed E-state index contributed by atoms with van der Waals surface area (Å²) in [5, 5.41) is 7.04. The number of ether oxygens (including phenoxy) is 2. The van der Waals surface area contributed by atoms with E-state index in [1.807, 2.05) is 45.9 Å². The van der Waals surface area contributed by atoms with E-state index in [0.717, 1.165) is 88.1 Å². The van der Waals surface area contributed by atoms with Gasteiger partial charge in [-0.1, -0.05) is 57.0 Å². The third kappa shape index (κ3) is 13.9. The first-order valence-electron chi connectivity index (χ1n) is 11.8. The van der Waals surface area contributed by atoms with Crippen molar-refractivity contribution in [3.63, 3.8) is 0 Å². The highest BCUT2D eigenvalue weighted by Gasteiger charge is 1.96. The summed E-state index contributed by atoms with van der Waals surface area (Å²) in [6.45, 7) is 10.1. The number of nitrogens with one attached hydrogen (secondary N) is 2. The van der Waals surface area contributed by atoms with Gasteiger partial charge in [-0.05, 0) is 76.9 Å². The van der Waals surface area contributed by atoms with Crippen LogP contribution in [0.25, 0.3) is 0 Å². The summed E-state index contributed by atoms with van der Waals surface area (Å²) in [6.07, 6.45) is 4.49. The molecule has 0 unspecified atom stereocenters. The zero-order valence-corrected chi connectivity index (χ0v) is 21.4. The predicted octanol–water partition coefficient (Wildman–Crippen LogP) is 5.88. The van der Waals surface area contributed by atoms with Crippen LogP contribution in [0.1, 0.15) is 36.8 Å². The van der Waals surface area contributed by atoms with Gasteiger partial charge in [0.25, 0.3) is 0 Å². The van der Waals surface area contributed by atoms with E-state index in [0.29, 0.717) is 0 Å². The molecule has 0 saturated heterocycles. The molecular formula is C26H40N2O2S2. The van der Waals surface area contributed by atoms with Crippen LogP contribution in [0.2, 0.25) is 0 Å². The largest absolute Gasteiger partial charge is 0.494 e. The molecule has 6 heteroatoms. The second-order valence-corrected chi connectivity index (χ2v) is 10.6. The van der Waals surface area contributed by atoms with E-state index >= 15 is 0 Å². The lowest BCUT2D eigenvalue weighted by molar-refractivity contribution is 0.306. The quantitative estimate of drug-likeness (QED) is 0.195. The summed E-state index contributed by atoms with van der Waals surface area (Å²) in [5.74, 6) is 4.25. The van der Waals surface area contributed by atoms with E-state index in [9.17, 15) is 0 Å². The van der Waals surface area contributed by atoms with E-state index in [1.54, 1.807) is 0 Å². The molecule has 2 aromatic rings. The van der Waals surface area contributed by atoms with Crippen LogP contribution in [0.5, 0.6) is 11.5 Å². The van der Waals surface area contributed by atoms with Crippen molar-refractivity contribution in [3.8, 4) is 11.5 Å². The summed E-state index contributed by atoms with van der Waals surface area (Å²) >= 11 is 0. The fourth-order valence-corrected chi connectivity index (χ4v) is 4.85. The molecule has 32 heavy (non-hydrogen) atoms. The molecule has 0 atom stereocenters. The van der Waals surface area contributed by atoms with Crippen molar-refractivity contribution in [2.75, 3.05) is 50.9 Å². The van der Waals surface area contributed by atoms with Crippen LogP contribution >= 0.6 is 21.6 Å². The zero-order valence-electron chi connectivity index (χ0n) is 19.7. The highest BCUT2D eigenvalue weighted by molar-refractivity contribution is 8.76. The highest BCUT2D eigenvalue weighted by atomic mass is 33.1. The lowest BCUT2D eigenvalue weighted by atomic mass is 10.2. The minimum atomic E-state index is 0.794. The molecule has 0 spiro atoms. The molecule has 0 fully saturated rings. The standard InChI is InChI=1S/C26H40N2O2S2/c1-23-7-11-25(12-8-23)29-19-5-3-15-27-17-21-31-32-22-18-28-16-4-6-20-30-26-13-9-24(2)10-14-26/h7-14,27-28H,3-6,15-22H2,1-2H3. The summed E-state index contributed by atoms with van der Waals surface area (Å²) in [4.78, 5) is 0. The molecule has 0 aliphatic rings. The molecule has 0 radical (unpaired) electrons. The molecule has 0 amide bonds. The average Bonchev–Trinajstić information content (AvgIpc) is 2.80. The Morgan fingerprint density at radius 3 is 1.38 bits per heavy atom. The van der Waals surface area contributed by atoms with Gasteiger partial charge >= 0.3 is 0 Å². The minimum Gasteiger partial charge on any atom is -0.494 e. The third-order valence-electron chi connectivity index (χ3n) is 4.88. The number of rotatable bonds is 19. The zero-order chi connectivity index (χ0) is 22.7. The van der Waals surface area contributed by atoms with Gasteiger partial charge in [-0.25, -0.2) is 0 Å². The van der Waals surface area contributed by atoms with Gasteiger partial charge in [0.15, 0.2) is 0 Å². The van der Waals surface area contributed by atoms with Gasteiger partial charge in [0.05, 0.1) is 13.2 Å². The maximum Gasteiger partial charge on any atom is 0.119 e. The summed E-state index contributed by atoms with van der Waals surface area (Å²) in [5.41, 5.74) is 2.54. The number of unbranched alkanes of at least 4 members (excludes halogenated alkanes) is 2. The minimum absolute atomic E-state index is 0.794. The van der Waals surface area contributed by atoms with Gasteiger partial charge in [-0.15, -0.1) is 0 Å². The number of benzene rings is 2. The maximum absolute atomic E-state index is 5.75. The Balaban J connectivity index is 1.25. The van der Waals surface area contributed by atoms with Gasteiger partial charge < -0.3 is 20.1 Å². The van der Waals surface area contributed by atoms with Crippen molar-refractivity contribution in [1.29, 1.82) is 0 Å². The smallest absolute Gasteiger partial charge is 0.119 e. The van der Waals surface area contributed by atoms with Gasteiger partial charge in [0.2, 0.25) is 0 Å². The van der Waals surface area contributed by atoms with Crippen molar-refractivity contribution in [2.45, 2.75) is 39.5 Å². The average molecular weight is 477 g/mol. The Morgan fingerprint density at radius 2 is 0.969 bits per heavy atom. The van der Waals surface area contributed by atoms with Crippen LogP contribution < -0.4 is 20.1 Å². The van der Waals surface area contributed by atoms with Crippen LogP contribution in [0.4, 0.5) is 0 Å². The normalized spacial score (nSPS) is 10.9. The molecule has 0 saturated carbocycles. The van der Waals surface area contributed by atoms with Gasteiger partial charge in [0.1, 0.15) is 11.5 Å². The molecule has 178 valence electrons. The summed E-state index contributed by atoms with van der Waals surface area (Å²) in [7, 11) is 3.92. The lowest BCUT2D eigenvalue weighted by Gasteiger charge is -2.08. The molecule has 0 aliphatic heterocycles. The molecule has 2 rings (SSSR count). The van der Waals surface area contributed by atoms with Crippen molar-refractivity contribution < 1.29 is 9.47 Å². The first-order chi connectivity index (χ1) is 15.7. The first-order valence-corrected chi connectivity index (χ1v) is 14.3. The predicted molar refractivity (Wildman–Crippen MR) is 142 cm³/mol. The lowest BCUT2D eigenvalue weighted by Crippen LogP contribution is -2.19. The molecule has 0 bridgehead atoms. The van der Waals surface area contributed by atoms with E-state index in [2.05, 4.69) is 48.7 Å². The van der Waals surface area contributed by atoms with Gasteiger partial charge in [-0.2, -0.15) is 0 Å². The second-order valence-electron chi connectivity index (χ2n) is 7.88. The van der Waals surface area contributed by atoms with E-state index < -0.39 is 0 Å². The van der Waals surface area contributed by atoms with Crippen LogP contribution in [-0.2, 0) is 0 Å². The molecule has 2 aromatic carbocycles. The summed E-state index contributed by atoms with van der Waals surface area (Å²) < 4.78 is 11.5. The van der Waals surface area contributed by atoms with Gasteiger partial charge in [0, 0.05) is 24.6 Å². The van der Waals surface area contributed by atoms with Crippen LogP contribution in [0.3, 0.4) is 0 Å². The second kappa shape index (κ2) is 18.1. The first kappa shape index (κ1) is 26.9. The molecule has 4 nitrogen and oxygen atoms in total. The molecule has 0 aromatic heterocycles. The molecular weight excluding hydrogens is 436 g/mol. The maximum atomic E-state index is 5.75. The van der Waals surface area contributed by atoms with E-state index in [4.69, 9.17) is 9.47 Å². The SMILES string of the molecule is Cc1ccc(OCCCCNCCSSCCNCCCCOc2ccc(C)cc2)cc1. The van der Waals surface area contributed by atoms with Crippen LogP contribution in [-0.4, -0.2) is 50.9 Å². The topological polar surface area (TPSA) is 42.5 Å². The van der Waals surface area contributed by atoms with Crippen LogP contribution in [0.15, 0.2) is 48.5 Å². The monoisotopic (exact) mass is 476 g/mol. The van der Waals surface area contributed by atoms with Crippen molar-refractivity contribution in [3.05, 3.63) is 59.7 Å². The Morgan fingerprint density at radius 1 is 0.562 bits per heavy atom. The highest BCUT2D eigenvalue weighted by Crippen LogP contribution is 2.19. The van der Waals surface area contributed by atoms with Crippen molar-refractivity contribution in [2.24, 2.45) is 0 Å². The fourth-order valence-electron chi connectivity index (χ4n) is 2.95. The van der Waals surface area contributed by atoms with Crippen molar-refractivity contribution >= 4 is 21.6 Å². The molecule has 0 heterocycles. The van der Waals surface area contributed by atoms with Gasteiger partial charge in [-0.3, -0.25) is 0 Å². The number of aryl methyl sites for hydroxylation is 2. The Hall–Kier alpha value is -1.34. The Labute approximate surface area is 203 Å². The van der Waals surface area contributed by atoms with E-state index in [1.165, 1.54) is 11.1 Å². The fraction of sp³-hybridized carbons (Fsp3) is 0.538. The summed E-state index contributed by atoms with van der Waals surface area (Å²) in [6, 6.07) is 16.5. The molecule has 0 aliphatic carbocycles. The number of hydrogen-bond acceptors (Lipinski definition) is 6. The van der Waals surface area contributed by atoms with E-state index in [-0.39, 0.29) is 0 Å². The molecule has 2 N–H and O–H groups in total. The van der Waals surface area contributed by atoms with Crippen molar-refractivity contribution in [1.82, 2.24) is 10.6 Å². The number of hydrogen-bond donors (Lipinski definition) is 2. The Bertz CT molecular complexity index is 634.